The number of benzene rings is 1. The van der Waals surface area contributed by atoms with Crippen molar-refractivity contribution in [2.24, 2.45) is 0 Å². The third kappa shape index (κ3) is 4.73. The summed E-state index contributed by atoms with van der Waals surface area (Å²) in [5, 5.41) is 8.88. The summed E-state index contributed by atoms with van der Waals surface area (Å²) in [6.07, 6.45) is 7.07. The third-order valence-electron chi connectivity index (χ3n) is 5.07. The standard InChI is InChI=1S/C20H26N2O3/c21-15-16-6-5-7-17(14-16)24-12-4-3-10-20(23)22-11-13-25-19-9-2-1-8-18(19)22/h5-7,14,18-19H,1-4,8-13H2/t18-,19+/m0/s1. The van der Waals surface area contributed by atoms with Crippen LogP contribution in [-0.2, 0) is 9.53 Å². The highest BCUT2D eigenvalue weighted by Crippen LogP contribution is 2.29. The second kappa shape index (κ2) is 8.87. The molecule has 2 aliphatic rings. The van der Waals surface area contributed by atoms with Crippen molar-refractivity contribution in [3.05, 3.63) is 29.8 Å². The molecule has 134 valence electrons. The Balaban J connectivity index is 1.38. The lowest BCUT2D eigenvalue weighted by molar-refractivity contribution is -0.149. The van der Waals surface area contributed by atoms with Gasteiger partial charge in [-0.3, -0.25) is 4.79 Å². The molecule has 1 heterocycles. The molecular formula is C20H26N2O3. The van der Waals surface area contributed by atoms with Crippen LogP contribution in [0.15, 0.2) is 24.3 Å². The van der Waals surface area contributed by atoms with Crippen molar-refractivity contribution in [2.45, 2.75) is 57.1 Å². The Bertz CT molecular complexity index is 624. The molecule has 1 amide bonds. The molecule has 1 saturated heterocycles. The van der Waals surface area contributed by atoms with Crippen molar-refractivity contribution >= 4 is 5.91 Å². The predicted octanol–water partition coefficient (Wildman–Crippen LogP) is 3.28. The average Bonchev–Trinajstić information content (AvgIpc) is 2.67. The number of hydrogen-bond acceptors (Lipinski definition) is 4. The number of carbonyl (C=O) groups is 1. The number of fused-ring (bicyclic) bond motifs is 1. The molecule has 0 radical (unpaired) electrons. The zero-order valence-electron chi connectivity index (χ0n) is 14.7. The third-order valence-corrected chi connectivity index (χ3v) is 5.07. The van der Waals surface area contributed by atoms with Gasteiger partial charge in [-0.15, -0.1) is 0 Å². The highest BCUT2D eigenvalue weighted by Gasteiger charge is 2.36. The van der Waals surface area contributed by atoms with Crippen LogP contribution in [0.3, 0.4) is 0 Å². The van der Waals surface area contributed by atoms with Crippen molar-refractivity contribution in [1.82, 2.24) is 4.90 Å². The fourth-order valence-electron chi connectivity index (χ4n) is 3.77. The van der Waals surface area contributed by atoms with Crippen molar-refractivity contribution in [1.29, 1.82) is 5.26 Å². The van der Waals surface area contributed by atoms with Gasteiger partial charge < -0.3 is 14.4 Å². The lowest BCUT2D eigenvalue weighted by Gasteiger charge is -2.43. The van der Waals surface area contributed by atoms with Gasteiger partial charge in [-0.25, -0.2) is 0 Å². The van der Waals surface area contributed by atoms with Gasteiger partial charge in [0, 0.05) is 13.0 Å². The number of hydrogen-bond donors (Lipinski definition) is 0. The molecule has 1 aromatic carbocycles. The average molecular weight is 342 g/mol. The summed E-state index contributed by atoms with van der Waals surface area (Å²) in [7, 11) is 0. The Kier molecular flexibility index (Phi) is 6.30. The monoisotopic (exact) mass is 342 g/mol. The zero-order valence-corrected chi connectivity index (χ0v) is 14.7. The molecule has 3 rings (SSSR count). The van der Waals surface area contributed by atoms with Gasteiger partial charge in [0.05, 0.1) is 37.0 Å². The van der Waals surface area contributed by atoms with E-state index in [1.165, 1.54) is 12.8 Å². The maximum Gasteiger partial charge on any atom is 0.222 e. The van der Waals surface area contributed by atoms with E-state index in [0.29, 0.717) is 37.0 Å². The summed E-state index contributed by atoms with van der Waals surface area (Å²) in [4.78, 5) is 14.6. The van der Waals surface area contributed by atoms with E-state index in [0.717, 1.165) is 32.2 Å². The van der Waals surface area contributed by atoms with E-state index in [1.807, 2.05) is 12.1 Å². The van der Waals surface area contributed by atoms with E-state index in [4.69, 9.17) is 14.7 Å². The van der Waals surface area contributed by atoms with Gasteiger partial charge in [0.1, 0.15) is 5.75 Å². The first-order valence-electron chi connectivity index (χ1n) is 9.32. The van der Waals surface area contributed by atoms with E-state index >= 15 is 0 Å². The number of amides is 1. The number of ether oxygens (including phenoxy) is 2. The number of unbranched alkanes of at least 4 members (excludes halogenated alkanes) is 1. The molecule has 1 aliphatic carbocycles. The molecule has 0 bridgehead atoms. The highest BCUT2D eigenvalue weighted by molar-refractivity contribution is 5.76. The van der Waals surface area contributed by atoms with Crippen molar-refractivity contribution in [3.8, 4) is 11.8 Å². The van der Waals surface area contributed by atoms with Crippen molar-refractivity contribution in [3.63, 3.8) is 0 Å². The summed E-state index contributed by atoms with van der Waals surface area (Å²) in [6.45, 7) is 1.97. The molecule has 0 N–H and O–H groups in total. The Labute approximate surface area is 149 Å². The quantitative estimate of drug-likeness (QED) is 0.744. The minimum absolute atomic E-state index is 0.252. The molecular weight excluding hydrogens is 316 g/mol. The highest BCUT2D eigenvalue weighted by atomic mass is 16.5. The summed E-state index contributed by atoms with van der Waals surface area (Å²) in [6, 6.07) is 9.55. The Hall–Kier alpha value is -2.06. The normalized spacial score (nSPS) is 22.8. The largest absolute Gasteiger partial charge is 0.494 e. The molecule has 1 aliphatic heterocycles. The lowest BCUT2D eigenvalue weighted by atomic mass is 9.90. The fourth-order valence-corrected chi connectivity index (χ4v) is 3.77. The van der Waals surface area contributed by atoms with Crippen LogP contribution in [-0.4, -0.2) is 42.7 Å². The van der Waals surface area contributed by atoms with E-state index < -0.39 is 0 Å². The van der Waals surface area contributed by atoms with Crippen LogP contribution in [0.1, 0.15) is 50.5 Å². The van der Waals surface area contributed by atoms with Gasteiger partial charge in [-0.2, -0.15) is 5.26 Å². The SMILES string of the molecule is N#Cc1cccc(OCCCCC(=O)N2CCO[C@@H]3CCCC[C@@H]32)c1. The number of carbonyl (C=O) groups excluding carboxylic acids is 1. The van der Waals surface area contributed by atoms with Crippen LogP contribution in [0.2, 0.25) is 0 Å². The molecule has 0 aromatic heterocycles. The minimum Gasteiger partial charge on any atom is -0.494 e. The molecule has 2 atom stereocenters. The number of nitriles is 1. The number of nitrogens with zero attached hydrogens (tertiary/aromatic N) is 2. The summed E-state index contributed by atoms with van der Waals surface area (Å²) < 4.78 is 11.5. The Morgan fingerprint density at radius 3 is 3.08 bits per heavy atom. The minimum atomic E-state index is 0.252. The van der Waals surface area contributed by atoms with Crippen LogP contribution in [0, 0.1) is 11.3 Å². The van der Waals surface area contributed by atoms with Gasteiger partial charge in [-0.1, -0.05) is 18.9 Å². The zero-order chi connectivity index (χ0) is 17.5. The first-order chi connectivity index (χ1) is 12.3. The Morgan fingerprint density at radius 2 is 2.20 bits per heavy atom. The van der Waals surface area contributed by atoms with E-state index in [-0.39, 0.29) is 12.0 Å². The fraction of sp³-hybridized carbons (Fsp3) is 0.600. The van der Waals surface area contributed by atoms with Gasteiger partial charge in [-0.05, 0) is 43.9 Å². The topological polar surface area (TPSA) is 62.6 Å². The molecule has 0 spiro atoms. The molecule has 0 unspecified atom stereocenters. The summed E-state index contributed by atoms with van der Waals surface area (Å²) in [5.41, 5.74) is 0.599. The van der Waals surface area contributed by atoms with Crippen molar-refractivity contribution < 1.29 is 14.3 Å². The summed E-state index contributed by atoms with van der Waals surface area (Å²) >= 11 is 0. The first kappa shape index (κ1) is 17.8. The van der Waals surface area contributed by atoms with Gasteiger partial charge in [0.2, 0.25) is 5.91 Å². The molecule has 25 heavy (non-hydrogen) atoms. The molecule has 5 heteroatoms. The maximum absolute atomic E-state index is 12.6. The number of rotatable bonds is 6. The smallest absolute Gasteiger partial charge is 0.222 e. The van der Waals surface area contributed by atoms with Gasteiger partial charge >= 0.3 is 0 Å². The Morgan fingerprint density at radius 1 is 1.32 bits per heavy atom. The second-order valence-corrected chi connectivity index (χ2v) is 6.79. The van der Waals surface area contributed by atoms with Crippen LogP contribution in [0.4, 0.5) is 0 Å². The predicted molar refractivity (Wildman–Crippen MR) is 94.2 cm³/mol. The van der Waals surface area contributed by atoms with Crippen LogP contribution in [0.25, 0.3) is 0 Å². The molecule has 1 aromatic rings. The molecule has 1 saturated carbocycles. The molecule has 5 nitrogen and oxygen atoms in total. The van der Waals surface area contributed by atoms with Crippen molar-refractivity contribution in [2.75, 3.05) is 19.8 Å². The van der Waals surface area contributed by atoms with Crippen LogP contribution in [0.5, 0.6) is 5.75 Å². The van der Waals surface area contributed by atoms with Gasteiger partial charge in [0.25, 0.3) is 0 Å². The van der Waals surface area contributed by atoms with Gasteiger partial charge in [0.15, 0.2) is 0 Å². The summed E-state index contributed by atoms with van der Waals surface area (Å²) in [5.74, 6) is 0.968. The second-order valence-electron chi connectivity index (χ2n) is 6.79. The van der Waals surface area contributed by atoms with E-state index in [9.17, 15) is 4.79 Å². The van der Waals surface area contributed by atoms with Crippen LogP contribution < -0.4 is 4.74 Å². The molecule has 2 fully saturated rings. The lowest BCUT2D eigenvalue weighted by Crippen LogP contribution is -2.54. The number of morpholine rings is 1. The first-order valence-corrected chi connectivity index (χ1v) is 9.32. The van der Waals surface area contributed by atoms with E-state index in [2.05, 4.69) is 11.0 Å². The van der Waals surface area contributed by atoms with E-state index in [1.54, 1.807) is 12.1 Å². The maximum atomic E-state index is 12.6. The van der Waals surface area contributed by atoms with Crippen LogP contribution >= 0.6 is 0 Å².